The number of anilines is 4. The van der Waals surface area contributed by atoms with Crippen LogP contribution in [-0.2, 0) is 24.4 Å². The standard InChI is InChI=1S/C21H30N4O4S.C16H23N3O2S/c26-21(23-5-9-29-10-6-23)25-15-17-13-24(14-18(17)16-25)20-3-1-19(2-4-20)22-7-11-30(27,28)12-8-22;20-22(21)7-5-18(6-8-22)15-1-3-16(4-2-15)19-11-13-9-17-10-14(13)12-19/h1-4,17-18H,5-16H2;1-4,13-14,17H,5-12H2/t17-,18+;13-,14+. The van der Waals surface area contributed by atoms with Crippen molar-refractivity contribution in [2.75, 3.05) is 147 Å². The van der Waals surface area contributed by atoms with E-state index in [0.29, 0.717) is 64.3 Å². The van der Waals surface area contributed by atoms with Gasteiger partial charge in [-0.3, -0.25) is 0 Å². The van der Waals surface area contributed by atoms with Crippen LogP contribution in [-0.4, -0.2) is 161 Å². The lowest BCUT2D eigenvalue weighted by Crippen LogP contribution is -2.48. The SMILES string of the molecule is O=C(N1CCOCC1)N1C[C@@H]2CN(c3ccc(N4CCS(=O)(=O)CC4)cc3)C[C@@H]2C1.O=S1(=O)CCN(c2ccc(N3C[C@H]4CNC[C@H]4C3)cc2)CC1. The minimum Gasteiger partial charge on any atom is -0.378 e. The van der Waals surface area contributed by atoms with Crippen molar-refractivity contribution < 1.29 is 26.4 Å². The zero-order chi connectivity index (χ0) is 35.9. The van der Waals surface area contributed by atoms with Crippen molar-refractivity contribution >= 4 is 48.5 Å². The third kappa shape index (κ3) is 7.97. The Balaban J connectivity index is 0.000000156. The van der Waals surface area contributed by atoms with E-state index in [-0.39, 0.29) is 29.0 Å². The molecule has 0 aliphatic carbocycles. The summed E-state index contributed by atoms with van der Waals surface area (Å²) in [4.78, 5) is 25.9. The van der Waals surface area contributed by atoms with Crippen molar-refractivity contribution in [3.63, 3.8) is 0 Å². The van der Waals surface area contributed by atoms with Crippen molar-refractivity contribution in [3.8, 4) is 0 Å². The van der Waals surface area contributed by atoms with Crippen molar-refractivity contribution in [2.45, 2.75) is 0 Å². The van der Waals surface area contributed by atoms with E-state index in [1.165, 1.54) is 11.4 Å². The van der Waals surface area contributed by atoms with Crippen LogP contribution < -0.4 is 24.9 Å². The summed E-state index contributed by atoms with van der Waals surface area (Å²) < 4.78 is 51.7. The number of nitrogens with zero attached hydrogens (tertiary/aromatic N) is 6. The molecule has 2 aromatic carbocycles. The summed E-state index contributed by atoms with van der Waals surface area (Å²) in [5, 5.41) is 3.47. The molecule has 7 fully saturated rings. The van der Waals surface area contributed by atoms with Crippen molar-refractivity contribution in [1.29, 1.82) is 0 Å². The van der Waals surface area contributed by atoms with Crippen molar-refractivity contribution in [3.05, 3.63) is 48.5 Å². The van der Waals surface area contributed by atoms with E-state index < -0.39 is 19.7 Å². The maximum absolute atomic E-state index is 12.8. The summed E-state index contributed by atoms with van der Waals surface area (Å²) in [6.07, 6.45) is 0. The third-order valence-corrected chi connectivity index (χ3v) is 15.5. The third-order valence-electron chi connectivity index (χ3n) is 12.3. The molecule has 0 spiro atoms. The average Bonchev–Trinajstić information content (AvgIpc) is 3.94. The fraction of sp³-hybridized carbons (Fsp3) is 0.649. The largest absolute Gasteiger partial charge is 0.378 e. The Hall–Kier alpha value is -3.27. The van der Waals surface area contributed by atoms with E-state index in [2.05, 4.69) is 73.4 Å². The molecule has 7 aliphatic rings. The molecular weight excluding hydrogens is 703 g/mol. The molecule has 13 nitrogen and oxygen atoms in total. The fourth-order valence-corrected chi connectivity index (χ4v) is 11.5. The van der Waals surface area contributed by atoms with Gasteiger partial charge in [-0.25, -0.2) is 21.6 Å². The van der Waals surface area contributed by atoms with E-state index in [1.54, 1.807) is 0 Å². The molecule has 9 rings (SSSR count). The number of sulfone groups is 2. The highest BCUT2D eigenvalue weighted by atomic mass is 32.2. The van der Waals surface area contributed by atoms with Crippen LogP contribution in [0.3, 0.4) is 0 Å². The van der Waals surface area contributed by atoms with Crippen LogP contribution in [0.5, 0.6) is 0 Å². The first-order valence-electron chi connectivity index (χ1n) is 19.0. The smallest absolute Gasteiger partial charge is 0.320 e. The summed E-state index contributed by atoms with van der Waals surface area (Å²) in [6, 6.07) is 17.3. The number of benzene rings is 2. The molecular formula is C37H53N7O6S2. The molecule has 2 amide bonds. The van der Waals surface area contributed by atoms with E-state index in [4.69, 9.17) is 4.74 Å². The van der Waals surface area contributed by atoms with Gasteiger partial charge in [0.1, 0.15) is 0 Å². The number of hydrogen-bond acceptors (Lipinski definition) is 11. The number of likely N-dealkylation sites (tertiary alicyclic amines) is 1. The minimum absolute atomic E-state index is 0.173. The number of ether oxygens (including phenoxy) is 1. The molecule has 0 saturated carbocycles. The molecule has 4 atom stereocenters. The molecule has 2 aromatic rings. The number of nitrogens with one attached hydrogen (secondary N) is 1. The molecule has 0 bridgehead atoms. The van der Waals surface area contributed by atoms with E-state index in [9.17, 15) is 21.6 Å². The number of amides is 2. The second-order valence-corrected chi connectivity index (χ2v) is 20.2. The lowest BCUT2D eigenvalue weighted by atomic mass is 10.0. The quantitative estimate of drug-likeness (QED) is 0.486. The number of hydrogen-bond donors (Lipinski definition) is 1. The van der Waals surface area contributed by atoms with Gasteiger partial charge in [-0.15, -0.1) is 0 Å². The van der Waals surface area contributed by atoms with Crippen LogP contribution in [0.2, 0.25) is 0 Å². The normalized spacial score (nSPS) is 29.5. The van der Waals surface area contributed by atoms with Crippen LogP contribution in [0.4, 0.5) is 27.5 Å². The molecule has 7 aliphatic heterocycles. The zero-order valence-corrected chi connectivity index (χ0v) is 31.7. The van der Waals surface area contributed by atoms with Crippen LogP contribution in [0.25, 0.3) is 0 Å². The Labute approximate surface area is 308 Å². The summed E-state index contributed by atoms with van der Waals surface area (Å²) in [5.74, 6) is 3.69. The molecule has 7 saturated heterocycles. The lowest BCUT2D eigenvalue weighted by molar-refractivity contribution is 0.0447. The second-order valence-electron chi connectivity index (χ2n) is 15.6. The summed E-state index contributed by atoms with van der Waals surface area (Å²) in [5.41, 5.74) is 4.74. The first-order valence-corrected chi connectivity index (χ1v) is 22.7. The Kier molecular flexibility index (Phi) is 10.2. The van der Waals surface area contributed by atoms with Gasteiger partial charge in [-0.05, 0) is 60.4 Å². The number of carbonyl (C=O) groups excluding carboxylic acids is 1. The van der Waals surface area contributed by atoms with E-state index in [1.807, 2.05) is 9.80 Å². The number of morpholine rings is 1. The number of carbonyl (C=O) groups is 1. The van der Waals surface area contributed by atoms with Crippen LogP contribution in [0.1, 0.15) is 0 Å². The van der Waals surface area contributed by atoms with Gasteiger partial charge in [0.05, 0.1) is 36.2 Å². The topological polar surface area (TPSA) is 126 Å². The highest BCUT2D eigenvalue weighted by Crippen LogP contribution is 2.35. The van der Waals surface area contributed by atoms with E-state index in [0.717, 1.165) is 75.6 Å². The Morgan fingerprint density at radius 1 is 0.500 bits per heavy atom. The maximum Gasteiger partial charge on any atom is 0.320 e. The molecule has 0 radical (unpaired) electrons. The summed E-state index contributed by atoms with van der Waals surface area (Å²) >= 11 is 0. The Morgan fingerprint density at radius 2 is 0.865 bits per heavy atom. The first-order chi connectivity index (χ1) is 25.1. The van der Waals surface area contributed by atoms with E-state index >= 15 is 0 Å². The average molecular weight is 756 g/mol. The molecule has 0 aromatic heterocycles. The highest BCUT2D eigenvalue weighted by molar-refractivity contribution is 7.91. The lowest BCUT2D eigenvalue weighted by Gasteiger charge is -2.32. The number of fused-ring (bicyclic) bond motifs is 2. The van der Waals surface area contributed by atoms with Gasteiger partial charge in [-0.1, -0.05) is 0 Å². The van der Waals surface area contributed by atoms with Gasteiger partial charge in [0, 0.05) is 126 Å². The maximum atomic E-state index is 12.8. The highest BCUT2D eigenvalue weighted by Gasteiger charge is 2.43. The van der Waals surface area contributed by atoms with Gasteiger partial charge >= 0.3 is 6.03 Å². The molecule has 284 valence electrons. The van der Waals surface area contributed by atoms with Crippen molar-refractivity contribution in [2.24, 2.45) is 23.7 Å². The summed E-state index contributed by atoms with van der Waals surface area (Å²) in [7, 11) is -5.67. The second kappa shape index (κ2) is 14.9. The molecule has 0 unspecified atom stereocenters. The van der Waals surface area contributed by atoms with Crippen LogP contribution in [0, 0.1) is 23.7 Å². The monoisotopic (exact) mass is 755 g/mol. The van der Waals surface area contributed by atoms with Gasteiger partial charge in [0.2, 0.25) is 0 Å². The number of rotatable bonds is 4. The van der Waals surface area contributed by atoms with Crippen LogP contribution in [0.15, 0.2) is 48.5 Å². The molecule has 7 heterocycles. The predicted octanol–water partition coefficient (Wildman–Crippen LogP) is 1.32. The zero-order valence-electron chi connectivity index (χ0n) is 30.0. The Morgan fingerprint density at radius 3 is 1.27 bits per heavy atom. The molecule has 1 N–H and O–H groups in total. The van der Waals surface area contributed by atoms with Crippen molar-refractivity contribution in [1.82, 2.24) is 15.1 Å². The number of urea groups is 1. The fourth-order valence-electron chi connectivity index (χ4n) is 9.07. The first kappa shape index (κ1) is 35.7. The van der Waals surface area contributed by atoms with Gasteiger partial charge in [-0.2, -0.15) is 0 Å². The molecule has 15 heteroatoms. The molecule has 52 heavy (non-hydrogen) atoms. The van der Waals surface area contributed by atoms with Gasteiger partial charge in [0.25, 0.3) is 0 Å². The van der Waals surface area contributed by atoms with Crippen LogP contribution >= 0.6 is 0 Å². The predicted molar refractivity (Wildman–Crippen MR) is 205 cm³/mol. The minimum atomic E-state index is -2.86. The van der Waals surface area contributed by atoms with Gasteiger partial charge in [0.15, 0.2) is 19.7 Å². The summed E-state index contributed by atoms with van der Waals surface area (Å²) in [6.45, 7) is 13.3. The van der Waals surface area contributed by atoms with Gasteiger partial charge < -0.3 is 39.5 Å². The Bertz CT molecular complexity index is 1740.